The molecule has 0 aromatic heterocycles. The molecule has 0 aliphatic carbocycles. The van der Waals surface area contributed by atoms with E-state index in [0.29, 0.717) is 39.8 Å². The van der Waals surface area contributed by atoms with Gasteiger partial charge in [0.15, 0.2) is 0 Å². The standard InChI is InChI=1S/C96H128N18O22/c1-57(2)82(114-89(129)69(38-22-25-49-99)104-95(135)78(56-81(121)122)112-94(134)76(55-65-39-41-66(116)42-40-65)111-93(133)73(51-61-28-12-6-13-29-61)108-84(124)58(3)101-59(4)115)96(136)113-77(54-64-34-18-9-19-35-64)91(131)106-70(43-45-79(117)118)87(127)102-68(37-21-24-48-98)86(126)109-74(52-62-30-14-7-15-31-62)90(130)103-67(36-20-23-47-97)85(125)105-71(44-46-80(119)120)88(128)110-75(53-63-32-16-8-17-33-63)92(132)107-72(83(100)123)50-60-26-10-5-11-27-60/h5-19,26-35,39-42,57-58,67-78,82,116H,20-25,36-38,43-56,97-99H2,1-4H3,(H2,100,123)(H,101,115)(H,102,127)(H,103,130)(H,104,135)(H,105,125)(H,106,131)(H,107,132)(H,108,124)(H,109,126)(H,110,128)(H,111,133)(H,112,134)(H,113,136)(H,114,129)(H,117,118)(H,119,120)(H,121,122). The summed E-state index contributed by atoms with van der Waals surface area (Å²) in [7, 11) is 0. The molecule has 0 saturated heterocycles. The van der Waals surface area contributed by atoms with Crippen molar-refractivity contribution in [1.29, 1.82) is 0 Å². The van der Waals surface area contributed by atoms with Gasteiger partial charge in [-0.05, 0) is 149 Å². The number of amides is 15. The van der Waals surface area contributed by atoms with Crippen molar-refractivity contribution in [3.05, 3.63) is 209 Å². The average molecular weight is 1890 g/mol. The van der Waals surface area contributed by atoms with E-state index in [9.17, 15) is 92.3 Å². The Morgan fingerprint density at radius 3 is 0.772 bits per heavy atom. The summed E-state index contributed by atoms with van der Waals surface area (Å²) in [6, 6.07) is 25.4. The Balaban J connectivity index is 1.26. The number of aromatic hydroxyl groups is 1. The molecule has 40 nitrogen and oxygen atoms in total. The number of nitrogens with two attached hydrogens (primary N) is 4. The maximum atomic E-state index is 15.1. The van der Waals surface area contributed by atoms with E-state index in [4.69, 9.17) is 22.9 Å². The highest BCUT2D eigenvalue weighted by Gasteiger charge is 2.40. The lowest BCUT2D eigenvalue weighted by Gasteiger charge is -2.29. The van der Waals surface area contributed by atoms with Gasteiger partial charge >= 0.3 is 17.9 Å². The number of benzene rings is 6. The van der Waals surface area contributed by atoms with E-state index in [1.54, 1.807) is 152 Å². The molecule has 0 radical (unpaired) electrons. The first-order valence-corrected chi connectivity index (χ1v) is 45.2. The average Bonchev–Trinajstić information content (AvgIpc) is 0.849. The van der Waals surface area contributed by atoms with Crippen LogP contribution in [0.1, 0.15) is 151 Å². The van der Waals surface area contributed by atoms with Crippen LogP contribution < -0.4 is 97.4 Å². The molecular formula is C96H128N18O22. The quantitative estimate of drug-likeness (QED) is 0.0218. The van der Waals surface area contributed by atoms with Gasteiger partial charge in [-0.25, -0.2) is 0 Å². The first-order chi connectivity index (χ1) is 64.9. The second-order valence-electron chi connectivity index (χ2n) is 33.4. The predicted octanol–water partition coefficient (Wildman–Crippen LogP) is -0.292. The van der Waals surface area contributed by atoms with Crippen molar-refractivity contribution < 1.29 is 107 Å². The molecule has 6 aromatic rings. The molecule has 136 heavy (non-hydrogen) atoms. The number of carbonyl (C=O) groups is 18. The number of hydrogen-bond acceptors (Lipinski definition) is 22. The maximum absolute atomic E-state index is 15.1. The molecule has 14 unspecified atom stereocenters. The van der Waals surface area contributed by atoms with Crippen LogP contribution in [0.15, 0.2) is 176 Å². The molecule has 0 aliphatic heterocycles. The van der Waals surface area contributed by atoms with Crippen molar-refractivity contribution >= 4 is 107 Å². The first-order valence-electron chi connectivity index (χ1n) is 45.2. The van der Waals surface area contributed by atoms with Crippen LogP contribution in [0.2, 0.25) is 0 Å². The minimum atomic E-state index is -1.99. The van der Waals surface area contributed by atoms with Gasteiger partial charge in [-0.1, -0.05) is 178 Å². The van der Waals surface area contributed by atoms with Crippen molar-refractivity contribution in [2.45, 2.75) is 241 Å². The lowest BCUT2D eigenvalue weighted by Crippen LogP contribution is -2.62. The van der Waals surface area contributed by atoms with Crippen LogP contribution in [0.4, 0.5) is 0 Å². The molecule has 0 heterocycles. The molecule has 15 amide bonds. The number of primary amides is 1. The maximum Gasteiger partial charge on any atom is 0.305 e. The van der Waals surface area contributed by atoms with E-state index < -0.39 is 229 Å². The summed E-state index contributed by atoms with van der Waals surface area (Å²) in [5.41, 5.74) is 26.5. The third kappa shape index (κ3) is 40.1. The Bertz CT molecular complexity index is 4950. The molecule has 14 atom stereocenters. The van der Waals surface area contributed by atoms with Gasteiger partial charge in [0.25, 0.3) is 0 Å². The molecular weight excluding hydrogens is 1760 g/mol. The van der Waals surface area contributed by atoms with E-state index in [0.717, 1.165) is 0 Å². The first kappa shape index (κ1) is 110. The van der Waals surface area contributed by atoms with E-state index in [2.05, 4.69) is 74.4 Å². The van der Waals surface area contributed by atoms with Crippen molar-refractivity contribution in [2.75, 3.05) is 19.6 Å². The smallest absolute Gasteiger partial charge is 0.305 e. The van der Waals surface area contributed by atoms with Crippen LogP contribution in [0.25, 0.3) is 0 Å². The monoisotopic (exact) mass is 1880 g/mol. The number of phenols is 1. The van der Waals surface area contributed by atoms with E-state index in [1.165, 1.54) is 52.0 Å². The predicted molar refractivity (Wildman–Crippen MR) is 500 cm³/mol. The van der Waals surface area contributed by atoms with Gasteiger partial charge in [0.2, 0.25) is 88.6 Å². The Morgan fingerprint density at radius 1 is 0.265 bits per heavy atom. The summed E-state index contributed by atoms with van der Waals surface area (Å²) in [6.07, 6.45) is -4.16. The number of carbonyl (C=O) groups excluding carboxylic acids is 15. The van der Waals surface area contributed by atoms with Gasteiger partial charge in [-0.15, -0.1) is 0 Å². The van der Waals surface area contributed by atoms with Crippen molar-refractivity contribution in [3.63, 3.8) is 0 Å². The number of unbranched alkanes of at least 4 members (excludes halogenated alkanes) is 3. The minimum absolute atomic E-state index is 0.0196. The molecule has 0 spiro atoms. The van der Waals surface area contributed by atoms with E-state index in [-0.39, 0.29) is 115 Å². The zero-order chi connectivity index (χ0) is 99.8. The highest BCUT2D eigenvalue weighted by molar-refractivity contribution is 6.01. The zero-order valence-corrected chi connectivity index (χ0v) is 76.6. The van der Waals surface area contributed by atoms with Gasteiger partial charge < -0.3 is 118 Å². The number of rotatable bonds is 61. The fraction of sp³-hybridized carbons (Fsp3) is 0.438. The lowest BCUT2D eigenvalue weighted by atomic mass is 9.99. The summed E-state index contributed by atoms with van der Waals surface area (Å²) in [5.74, 6) is -20.0. The zero-order valence-electron chi connectivity index (χ0n) is 76.6. The molecule has 40 heteroatoms. The third-order valence-corrected chi connectivity index (χ3v) is 22.0. The van der Waals surface area contributed by atoms with Crippen LogP contribution >= 0.6 is 0 Å². The fourth-order valence-corrected chi connectivity index (χ4v) is 14.6. The molecule has 6 rings (SSSR count). The van der Waals surface area contributed by atoms with Crippen LogP contribution in [-0.2, 0) is 125 Å². The highest BCUT2D eigenvalue weighted by Crippen LogP contribution is 2.19. The fourth-order valence-electron chi connectivity index (χ4n) is 14.6. The van der Waals surface area contributed by atoms with Gasteiger partial charge in [-0.2, -0.15) is 0 Å². The van der Waals surface area contributed by atoms with Crippen LogP contribution in [-0.4, -0.2) is 231 Å². The summed E-state index contributed by atoms with van der Waals surface area (Å²) < 4.78 is 0. The lowest BCUT2D eigenvalue weighted by molar-refractivity contribution is -0.142. The number of aliphatic carboxylic acids is 3. The number of carboxylic acids is 3. The number of carboxylic acid groups (broad SMARTS) is 3. The van der Waals surface area contributed by atoms with Gasteiger partial charge in [-0.3, -0.25) is 86.3 Å². The van der Waals surface area contributed by atoms with Gasteiger partial charge in [0.05, 0.1) is 6.42 Å². The van der Waals surface area contributed by atoms with E-state index in [1.807, 2.05) is 0 Å². The van der Waals surface area contributed by atoms with Gasteiger partial charge in [0.1, 0.15) is 90.3 Å². The summed E-state index contributed by atoms with van der Waals surface area (Å²) in [5, 5.41) is 76.6. The molecule has 0 fully saturated rings. The minimum Gasteiger partial charge on any atom is -0.508 e. The van der Waals surface area contributed by atoms with Crippen molar-refractivity contribution in [1.82, 2.24) is 74.4 Å². The normalized spacial score (nSPS) is 14.1. The summed E-state index contributed by atoms with van der Waals surface area (Å²) >= 11 is 0. The number of hydrogen-bond donors (Lipinski definition) is 22. The Kier molecular flexibility index (Phi) is 47.4. The SMILES string of the molecule is CC(=O)NC(C)C(=O)NC(Cc1ccccc1)C(=O)NC(Cc1ccc(O)cc1)C(=O)NC(CC(=O)O)C(=O)NC(CCCCN)C(=O)NC(C(=O)NC(Cc1ccccc1)C(=O)NC(CCC(=O)O)C(=O)NC(CCCCN)C(=O)NC(Cc1ccccc1)C(=O)NC(CCCCN)C(=O)NC(CCC(=O)O)C(=O)NC(Cc1ccccc1)C(=O)NC(Cc1ccccc1)C(N)=O)C(C)C. The molecule has 0 bridgehead atoms. The van der Waals surface area contributed by atoms with Crippen molar-refractivity contribution in [2.24, 2.45) is 28.9 Å². The van der Waals surface area contributed by atoms with Crippen molar-refractivity contribution in [3.8, 4) is 5.75 Å². The van der Waals surface area contributed by atoms with E-state index >= 15 is 14.4 Å². The second kappa shape index (κ2) is 58.5. The Morgan fingerprint density at radius 2 is 0.500 bits per heavy atom. The number of nitrogens with one attached hydrogen (secondary N) is 14. The topological polar surface area (TPSA) is 661 Å². The molecule has 0 aliphatic rings. The number of phenolic OH excluding ortho intramolecular Hbond substituents is 1. The van der Waals surface area contributed by atoms with Gasteiger partial charge in [0, 0.05) is 58.3 Å². The highest BCUT2D eigenvalue weighted by atomic mass is 16.4. The largest absolute Gasteiger partial charge is 0.508 e. The van der Waals surface area contributed by atoms with Crippen LogP contribution in [0.3, 0.4) is 0 Å². The third-order valence-electron chi connectivity index (χ3n) is 22.0. The Labute approximate surface area is 788 Å². The molecule has 734 valence electrons. The summed E-state index contributed by atoms with van der Waals surface area (Å²) in [6.45, 7) is 5.96. The van der Waals surface area contributed by atoms with Crippen LogP contribution in [0, 0.1) is 5.92 Å². The summed E-state index contributed by atoms with van der Waals surface area (Å²) in [4.78, 5) is 253. The molecule has 0 saturated carbocycles. The molecule has 6 aromatic carbocycles. The Hall–Kier alpha value is -14.5. The van der Waals surface area contributed by atoms with Crippen LogP contribution in [0.5, 0.6) is 5.75 Å². The second-order valence-corrected chi connectivity index (χ2v) is 33.4. The molecule has 26 N–H and O–H groups in total.